The molecule has 1 N–H and O–H groups in total. The van der Waals surface area contributed by atoms with Gasteiger partial charge in [0, 0.05) is 33.3 Å². The first-order valence-corrected chi connectivity index (χ1v) is 10.8. The van der Waals surface area contributed by atoms with Crippen molar-refractivity contribution in [3.63, 3.8) is 0 Å². The first-order valence-electron chi connectivity index (χ1n) is 10.8. The number of carbonyl (C=O) groups is 2. The number of halogens is 6. The first kappa shape index (κ1) is 27.1. The number of hydrogen-bond acceptors (Lipinski definition) is 8. The van der Waals surface area contributed by atoms with Crippen molar-refractivity contribution >= 4 is 17.8 Å². The molecule has 0 radical (unpaired) electrons. The van der Waals surface area contributed by atoms with Crippen LogP contribution in [0.3, 0.4) is 0 Å². The molecule has 0 aliphatic carbocycles. The summed E-state index contributed by atoms with van der Waals surface area (Å²) in [6.07, 6.45) is -9.38. The summed E-state index contributed by atoms with van der Waals surface area (Å²) >= 11 is 0. The van der Waals surface area contributed by atoms with Crippen molar-refractivity contribution in [1.29, 1.82) is 0 Å². The Balaban J connectivity index is 1.95. The van der Waals surface area contributed by atoms with Gasteiger partial charge >= 0.3 is 24.2 Å². The lowest BCUT2D eigenvalue weighted by Crippen LogP contribution is -2.49. The van der Waals surface area contributed by atoms with Gasteiger partial charge in [0.25, 0.3) is 0 Å². The summed E-state index contributed by atoms with van der Waals surface area (Å²) < 4.78 is 89.6. The molecule has 10 nitrogen and oxygen atoms in total. The van der Waals surface area contributed by atoms with E-state index in [4.69, 9.17) is 9.47 Å². The molecule has 3 rings (SSSR count). The predicted molar refractivity (Wildman–Crippen MR) is 111 cm³/mol. The van der Waals surface area contributed by atoms with Gasteiger partial charge in [-0.15, -0.1) is 0 Å². The number of carbonyl (C=O) groups excluding carboxylic acids is 2. The maximum atomic E-state index is 13.1. The van der Waals surface area contributed by atoms with E-state index in [1.165, 1.54) is 11.9 Å². The third-order valence-corrected chi connectivity index (χ3v) is 5.46. The molecule has 1 saturated heterocycles. The van der Waals surface area contributed by atoms with E-state index in [1.807, 2.05) is 0 Å². The quantitative estimate of drug-likeness (QED) is 0.464. The lowest BCUT2D eigenvalue weighted by atomic mass is 9.97. The van der Waals surface area contributed by atoms with Crippen LogP contribution in [-0.4, -0.2) is 76.9 Å². The number of esters is 1. The minimum absolute atomic E-state index is 0.109. The molecule has 0 atom stereocenters. The third kappa shape index (κ3) is 6.02. The fourth-order valence-corrected chi connectivity index (χ4v) is 3.75. The summed E-state index contributed by atoms with van der Waals surface area (Å²) in [6.45, 7) is 2.21. The van der Waals surface area contributed by atoms with Crippen LogP contribution >= 0.6 is 0 Å². The summed E-state index contributed by atoms with van der Waals surface area (Å²) in [6, 6.07) is 0.564. The number of piperidine rings is 1. The van der Waals surface area contributed by atoms with Crippen LogP contribution in [0.4, 0.5) is 26.3 Å². The second kappa shape index (κ2) is 10.3. The standard InChI is InChI=1S/C20H24F6N6O4/c1-4-35-17(33)11-5-7-32(8-6-11)16-14(28-18(34)20(24,25)26)15(27-10-30(16)2)36-13-9-12(19(21,22)23)29-31(13)3/h9,11H,4-8,10H2,1-3H3,(H,28,34). The van der Waals surface area contributed by atoms with Gasteiger partial charge in [-0.2, -0.15) is 31.4 Å². The highest BCUT2D eigenvalue weighted by molar-refractivity contribution is 6.00. The van der Waals surface area contributed by atoms with E-state index in [2.05, 4.69) is 10.1 Å². The van der Waals surface area contributed by atoms with E-state index in [0.717, 1.165) is 11.7 Å². The zero-order valence-electron chi connectivity index (χ0n) is 19.5. The van der Waals surface area contributed by atoms with E-state index >= 15 is 0 Å². The average Bonchev–Trinajstić information content (AvgIpc) is 3.16. The number of hydrogen-bond donors (Lipinski definition) is 1. The molecule has 1 aromatic heterocycles. The Kier molecular flexibility index (Phi) is 7.73. The monoisotopic (exact) mass is 526 g/mol. The molecule has 200 valence electrons. The third-order valence-electron chi connectivity index (χ3n) is 5.46. The van der Waals surface area contributed by atoms with Crippen molar-refractivity contribution in [2.75, 3.05) is 33.4 Å². The Morgan fingerprint density at radius 1 is 1.14 bits per heavy atom. The van der Waals surface area contributed by atoms with Crippen LogP contribution in [0.5, 0.6) is 5.88 Å². The van der Waals surface area contributed by atoms with E-state index < -0.39 is 47.3 Å². The molecule has 3 heterocycles. The van der Waals surface area contributed by atoms with Crippen molar-refractivity contribution in [2.24, 2.45) is 18.0 Å². The largest absolute Gasteiger partial charge is 0.471 e. The van der Waals surface area contributed by atoms with Gasteiger partial charge in [-0.3, -0.25) is 9.59 Å². The maximum Gasteiger partial charge on any atom is 0.471 e. The molecule has 0 aromatic carbocycles. The topological polar surface area (TPSA) is 101 Å². The van der Waals surface area contributed by atoms with Gasteiger partial charge in [-0.05, 0) is 19.8 Å². The fourth-order valence-electron chi connectivity index (χ4n) is 3.75. The lowest BCUT2D eigenvalue weighted by Gasteiger charge is -2.40. The van der Waals surface area contributed by atoms with Crippen molar-refractivity contribution in [2.45, 2.75) is 32.1 Å². The molecular weight excluding hydrogens is 502 g/mol. The highest BCUT2D eigenvalue weighted by atomic mass is 19.4. The van der Waals surface area contributed by atoms with Crippen molar-refractivity contribution in [1.82, 2.24) is 24.9 Å². The number of aliphatic imine (C=N–C) groups is 1. The number of alkyl halides is 6. The molecule has 0 saturated carbocycles. The highest BCUT2D eigenvalue weighted by Gasteiger charge is 2.42. The molecule has 0 spiro atoms. The first-order chi connectivity index (χ1) is 16.7. The molecule has 2 aliphatic heterocycles. The lowest BCUT2D eigenvalue weighted by molar-refractivity contribution is -0.172. The maximum absolute atomic E-state index is 13.1. The van der Waals surface area contributed by atoms with Crippen molar-refractivity contribution < 1.29 is 45.4 Å². The summed E-state index contributed by atoms with van der Waals surface area (Å²) in [5, 5.41) is 5.05. The zero-order valence-corrected chi connectivity index (χ0v) is 19.5. The fraction of sp³-hybridized carbons (Fsp3) is 0.600. The number of rotatable bonds is 5. The van der Waals surface area contributed by atoms with Crippen LogP contribution in [0.15, 0.2) is 22.6 Å². The summed E-state index contributed by atoms with van der Waals surface area (Å²) in [5.74, 6) is -3.96. The summed E-state index contributed by atoms with van der Waals surface area (Å²) in [5.41, 5.74) is -1.75. The summed E-state index contributed by atoms with van der Waals surface area (Å²) in [7, 11) is 2.66. The van der Waals surface area contributed by atoms with Crippen LogP contribution < -0.4 is 10.1 Å². The molecule has 1 amide bonds. The van der Waals surface area contributed by atoms with E-state index in [1.54, 1.807) is 17.1 Å². The zero-order chi connectivity index (χ0) is 26.8. The number of amides is 1. The average molecular weight is 526 g/mol. The van der Waals surface area contributed by atoms with Gasteiger partial charge in [0.1, 0.15) is 18.2 Å². The van der Waals surface area contributed by atoms with E-state index in [9.17, 15) is 35.9 Å². The smallest absolute Gasteiger partial charge is 0.466 e. The van der Waals surface area contributed by atoms with Gasteiger partial charge in [-0.1, -0.05) is 0 Å². The molecule has 0 bridgehead atoms. The Bertz CT molecular complexity index is 1060. The highest BCUT2D eigenvalue weighted by Crippen LogP contribution is 2.32. The normalized spacial score (nSPS) is 17.8. The Morgan fingerprint density at radius 3 is 2.31 bits per heavy atom. The second-order valence-corrected chi connectivity index (χ2v) is 8.06. The molecule has 16 heteroatoms. The summed E-state index contributed by atoms with van der Waals surface area (Å²) in [4.78, 5) is 31.0. The minimum Gasteiger partial charge on any atom is -0.466 e. The van der Waals surface area contributed by atoms with Crippen LogP contribution in [-0.2, 0) is 27.5 Å². The van der Waals surface area contributed by atoms with E-state index in [-0.39, 0.29) is 38.2 Å². The van der Waals surface area contributed by atoms with Crippen LogP contribution in [0, 0.1) is 5.92 Å². The molecule has 2 aliphatic rings. The number of aromatic nitrogens is 2. The predicted octanol–water partition coefficient (Wildman–Crippen LogP) is 2.24. The Hall–Kier alpha value is -3.46. The Morgan fingerprint density at radius 2 is 1.78 bits per heavy atom. The van der Waals surface area contributed by atoms with Gasteiger partial charge in [0.15, 0.2) is 5.69 Å². The molecule has 0 unspecified atom stereocenters. The van der Waals surface area contributed by atoms with Crippen molar-refractivity contribution in [3.8, 4) is 5.88 Å². The van der Waals surface area contributed by atoms with Crippen LogP contribution in [0.25, 0.3) is 0 Å². The van der Waals surface area contributed by atoms with Gasteiger partial charge in [-0.25, -0.2) is 9.67 Å². The number of ether oxygens (including phenoxy) is 2. The van der Waals surface area contributed by atoms with Gasteiger partial charge < -0.3 is 24.6 Å². The molecule has 1 fully saturated rings. The SMILES string of the molecule is CCOC(=O)C1CCN(C2=C(NC(=O)C(F)(F)F)C(Oc3cc(C(F)(F)F)nn3C)=NCN2C)CC1. The Labute approximate surface area is 201 Å². The minimum atomic E-state index is -5.26. The number of nitrogens with zero attached hydrogens (tertiary/aromatic N) is 5. The molecular formula is C20H24F6N6O4. The molecule has 1 aromatic rings. The second-order valence-electron chi connectivity index (χ2n) is 8.06. The van der Waals surface area contributed by atoms with Crippen LogP contribution in [0.1, 0.15) is 25.5 Å². The van der Waals surface area contributed by atoms with E-state index in [0.29, 0.717) is 18.9 Å². The number of nitrogens with one attached hydrogen (secondary N) is 1. The van der Waals surface area contributed by atoms with Gasteiger partial charge in [0.2, 0.25) is 11.8 Å². The van der Waals surface area contributed by atoms with Gasteiger partial charge in [0.05, 0.1) is 12.5 Å². The molecule has 36 heavy (non-hydrogen) atoms. The number of aryl methyl sites for hydroxylation is 1. The van der Waals surface area contributed by atoms with Crippen molar-refractivity contribution in [3.05, 3.63) is 23.3 Å². The number of likely N-dealkylation sites (tertiary alicyclic amines) is 1. The van der Waals surface area contributed by atoms with Crippen LogP contribution in [0.2, 0.25) is 0 Å².